The Morgan fingerprint density at radius 1 is 1.38 bits per heavy atom. The number of aromatic nitrogens is 2. The van der Waals surface area contributed by atoms with Gasteiger partial charge in [-0.05, 0) is 17.5 Å². The third kappa shape index (κ3) is 2.97. The second-order valence-corrected chi connectivity index (χ2v) is 5.31. The van der Waals surface area contributed by atoms with Crippen LogP contribution in [0, 0.1) is 0 Å². The van der Waals surface area contributed by atoms with Crippen LogP contribution in [-0.2, 0) is 30.7 Å². The number of nitrogens with one attached hydrogen (secondary N) is 3. The summed E-state index contributed by atoms with van der Waals surface area (Å²) in [4.78, 5) is 19.6. The third-order valence-corrected chi connectivity index (χ3v) is 4.00. The molecule has 0 spiro atoms. The predicted molar refractivity (Wildman–Crippen MR) is 80.6 cm³/mol. The highest BCUT2D eigenvalue weighted by atomic mass is 16.2. The Kier molecular flexibility index (Phi) is 4.01. The lowest BCUT2D eigenvalue weighted by molar-refractivity contribution is -0.123. The molecule has 0 radical (unpaired) electrons. The maximum Gasteiger partial charge on any atom is 0.237 e. The average Bonchev–Trinajstić information content (AvgIpc) is 3.00. The number of benzene rings is 1. The summed E-state index contributed by atoms with van der Waals surface area (Å²) < 4.78 is 0. The van der Waals surface area contributed by atoms with Gasteiger partial charge in [-0.15, -0.1) is 0 Å². The molecule has 3 rings (SSSR count). The Labute approximate surface area is 124 Å². The van der Waals surface area contributed by atoms with Gasteiger partial charge in [-0.2, -0.15) is 0 Å². The fourth-order valence-corrected chi connectivity index (χ4v) is 2.73. The summed E-state index contributed by atoms with van der Waals surface area (Å²) in [5, 5.41) is 6.27. The number of H-pyrrole nitrogens is 1. The minimum atomic E-state index is -0.199. The molecule has 0 aliphatic carbocycles. The number of carbonyl (C=O) groups is 1. The molecule has 1 aromatic heterocycles. The minimum absolute atomic E-state index is 0.0366. The molecule has 2 heterocycles. The molecule has 5 heteroatoms. The summed E-state index contributed by atoms with van der Waals surface area (Å²) in [5.41, 5.74) is 4.53. The smallest absolute Gasteiger partial charge is 0.237 e. The van der Waals surface area contributed by atoms with E-state index < -0.39 is 0 Å². The predicted octanol–water partition coefficient (Wildman–Crippen LogP) is 1.30. The van der Waals surface area contributed by atoms with Crippen LogP contribution in [0.2, 0.25) is 0 Å². The first-order valence-electron chi connectivity index (χ1n) is 7.37. The van der Waals surface area contributed by atoms with Crippen LogP contribution in [0.15, 0.2) is 30.6 Å². The van der Waals surface area contributed by atoms with Gasteiger partial charge in [0, 0.05) is 19.5 Å². The number of aromatic amines is 1. The van der Waals surface area contributed by atoms with Crippen LogP contribution in [0.25, 0.3) is 0 Å². The summed E-state index contributed by atoms with van der Waals surface area (Å²) in [6.45, 7) is 3.37. The topological polar surface area (TPSA) is 69.8 Å². The molecular weight excluding hydrogens is 264 g/mol. The van der Waals surface area contributed by atoms with Gasteiger partial charge in [0.05, 0.1) is 23.8 Å². The molecule has 0 fully saturated rings. The quantitative estimate of drug-likeness (QED) is 0.792. The molecule has 0 bridgehead atoms. The number of fused-ring (bicyclic) bond motifs is 1. The van der Waals surface area contributed by atoms with Gasteiger partial charge in [0.2, 0.25) is 5.91 Å². The van der Waals surface area contributed by atoms with Crippen molar-refractivity contribution in [3.05, 3.63) is 53.1 Å². The highest BCUT2D eigenvalue weighted by Crippen LogP contribution is 2.13. The van der Waals surface area contributed by atoms with E-state index in [0.29, 0.717) is 19.5 Å². The van der Waals surface area contributed by atoms with E-state index in [9.17, 15) is 4.79 Å². The molecule has 0 saturated heterocycles. The summed E-state index contributed by atoms with van der Waals surface area (Å²) in [6.07, 6.45) is 3.30. The Bertz CT molecular complexity index is 635. The number of imidazole rings is 1. The van der Waals surface area contributed by atoms with Crippen molar-refractivity contribution in [1.82, 2.24) is 20.6 Å². The van der Waals surface area contributed by atoms with Crippen molar-refractivity contribution in [2.45, 2.75) is 38.9 Å². The number of aryl methyl sites for hydroxylation is 1. The normalized spacial score (nSPS) is 17.3. The van der Waals surface area contributed by atoms with E-state index in [-0.39, 0.29) is 11.9 Å². The molecule has 5 nitrogen and oxygen atoms in total. The molecule has 1 amide bonds. The van der Waals surface area contributed by atoms with Crippen LogP contribution in [0.5, 0.6) is 0 Å². The molecule has 1 aromatic carbocycles. The van der Waals surface area contributed by atoms with Crippen molar-refractivity contribution < 1.29 is 4.79 Å². The Balaban J connectivity index is 1.60. The van der Waals surface area contributed by atoms with Crippen molar-refractivity contribution in [2.75, 3.05) is 0 Å². The maximum absolute atomic E-state index is 12.3. The van der Waals surface area contributed by atoms with E-state index >= 15 is 0 Å². The van der Waals surface area contributed by atoms with Gasteiger partial charge in [0.25, 0.3) is 0 Å². The van der Waals surface area contributed by atoms with E-state index in [1.807, 2.05) is 12.1 Å². The molecule has 21 heavy (non-hydrogen) atoms. The zero-order chi connectivity index (χ0) is 14.7. The minimum Gasteiger partial charge on any atom is -0.351 e. The first-order valence-corrected chi connectivity index (χ1v) is 7.37. The van der Waals surface area contributed by atoms with Gasteiger partial charge in [-0.1, -0.05) is 31.2 Å². The molecule has 1 atom stereocenters. The van der Waals surface area contributed by atoms with Crippen LogP contribution in [0.3, 0.4) is 0 Å². The van der Waals surface area contributed by atoms with Gasteiger partial charge in [-0.25, -0.2) is 4.98 Å². The second-order valence-electron chi connectivity index (χ2n) is 5.31. The zero-order valence-corrected chi connectivity index (χ0v) is 12.1. The number of carbonyl (C=O) groups excluding carboxylic acids is 1. The fraction of sp³-hybridized carbons (Fsp3) is 0.375. The van der Waals surface area contributed by atoms with E-state index in [1.54, 1.807) is 6.33 Å². The SMILES string of the molecule is CCc1ccccc1CNC(=O)C1Cc2nc[nH]c2CN1. The van der Waals surface area contributed by atoms with Crippen LogP contribution >= 0.6 is 0 Å². The maximum atomic E-state index is 12.3. The largest absolute Gasteiger partial charge is 0.351 e. The van der Waals surface area contributed by atoms with Gasteiger partial charge in [0.1, 0.15) is 0 Å². The van der Waals surface area contributed by atoms with E-state index in [2.05, 4.69) is 39.7 Å². The van der Waals surface area contributed by atoms with Crippen molar-refractivity contribution in [2.24, 2.45) is 0 Å². The first-order chi connectivity index (χ1) is 10.3. The number of hydrogen-bond donors (Lipinski definition) is 3. The van der Waals surface area contributed by atoms with Crippen molar-refractivity contribution >= 4 is 5.91 Å². The van der Waals surface area contributed by atoms with Crippen molar-refractivity contribution in [1.29, 1.82) is 0 Å². The molecule has 1 unspecified atom stereocenters. The second kappa shape index (κ2) is 6.10. The van der Waals surface area contributed by atoms with E-state index in [4.69, 9.17) is 0 Å². The highest BCUT2D eigenvalue weighted by Gasteiger charge is 2.25. The zero-order valence-electron chi connectivity index (χ0n) is 12.1. The Morgan fingerprint density at radius 2 is 2.19 bits per heavy atom. The van der Waals surface area contributed by atoms with Gasteiger partial charge in [-0.3, -0.25) is 10.1 Å². The molecule has 0 saturated carbocycles. The lowest BCUT2D eigenvalue weighted by atomic mass is 10.0. The lowest BCUT2D eigenvalue weighted by Crippen LogP contribution is -2.47. The highest BCUT2D eigenvalue weighted by molar-refractivity contribution is 5.82. The average molecular weight is 284 g/mol. The summed E-state index contributed by atoms with van der Waals surface area (Å²) in [7, 11) is 0. The molecule has 2 aromatic rings. The molecule has 110 valence electrons. The summed E-state index contributed by atoms with van der Waals surface area (Å²) in [5.74, 6) is 0.0366. The number of nitrogens with zero attached hydrogens (tertiary/aromatic N) is 1. The summed E-state index contributed by atoms with van der Waals surface area (Å²) >= 11 is 0. The van der Waals surface area contributed by atoms with Gasteiger partial charge < -0.3 is 10.3 Å². The number of amides is 1. The molecule has 1 aliphatic heterocycles. The molecule has 1 aliphatic rings. The fourth-order valence-electron chi connectivity index (χ4n) is 2.73. The van der Waals surface area contributed by atoms with Crippen molar-refractivity contribution in [3.8, 4) is 0 Å². The number of rotatable bonds is 4. The standard InChI is InChI=1S/C16H20N4O/c1-2-11-5-3-4-6-12(11)8-18-16(21)14-7-13-15(9-17-14)20-10-19-13/h3-6,10,14,17H,2,7-9H2,1H3,(H,18,21)(H,19,20). The van der Waals surface area contributed by atoms with Gasteiger partial charge >= 0.3 is 0 Å². The van der Waals surface area contributed by atoms with Crippen LogP contribution in [0.4, 0.5) is 0 Å². The van der Waals surface area contributed by atoms with Crippen molar-refractivity contribution in [3.63, 3.8) is 0 Å². The number of hydrogen-bond acceptors (Lipinski definition) is 3. The first kappa shape index (κ1) is 13.8. The molecular formula is C16H20N4O. The third-order valence-electron chi connectivity index (χ3n) is 4.00. The Morgan fingerprint density at radius 3 is 3.00 bits per heavy atom. The van der Waals surface area contributed by atoms with Gasteiger partial charge in [0.15, 0.2) is 0 Å². The Hall–Kier alpha value is -2.14. The van der Waals surface area contributed by atoms with E-state index in [0.717, 1.165) is 17.8 Å². The van der Waals surface area contributed by atoms with Crippen LogP contribution < -0.4 is 10.6 Å². The van der Waals surface area contributed by atoms with Crippen LogP contribution in [0.1, 0.15) is 29.4 Å². The molecule has 3 N–H and O–H groups in total. The van der Waals surface area contributed by atoms with E-state index in [1.165, 1.54) is 11.1 Å². The van der Waals surface area contributed by atoms with Crippen LogP contribution in [-0.4, -0.2) is 21.9 Å². The lowest BCUT2D eigenvalue weighted by Gasteiger charge is -2.22. The summed E-state index contributed by atoms with van der Waals surface area (Å²) in [6, 6.07) is 8.02. The monoisotopic (exact) mass is 284 g/mol.